The molecule has 0 bridgehead atoms. The van der Waals surface area contributed by atoms with Gasteiger partial charge in [0, 0.05) is 0 Å². The predicted octanol–water partition coefficient (Wildman–Crippen LogP) is 8.14. The average molecular weight is 392 g/mol. The van der Waals surface area contributed by atoms with Gasteiger partial charge >= 0.3 is 0 Å². The second kappa shape index (κ2) is 9.48. The van der Waals surface area contributed by atoms with Crippen LogP contribution in [0.5, 0.6) is 0 Å². The zero-order chi connectivity index (χ0) is 18.5. The van der Waals surface area contributed by atoms with Crippen molar-refractivity contribution in [1.29, 1.82) is 5.26 Å². The number of hydrogen-bond donors (Lipinski definition) is 0. The van der Waals surface area contributed by atoms with E-state index >= 15 is 0 Å². The minimum atomic E-state index is 0.408. The van der Waals surface area contributed by atoms with Gasteiger partial charge in [-0.25, -0.2) is 0 Å². The summed E-state index contributed by atoms with van der Waals surface area (Å²) in [4.78, 5) is 0. The van der Waals surface area contributed by atoms with E-state index in [1.54, 1.807) is 0 Å². The second-order valence-corrected chi connectivity index (χ2v) is 9.32. The number of unbranched alkanes of at least 4 members (excludes halogenated alkanes) is 1. The van der Waals surface area contributed by atoms with Gasteiger partial charge in [0.1, 0.15) is 6.07 Å². The van der Waals surface area contributed by atoms with Crippen LogP contribution in [0.15, 0.2) is 12.1 Å². The molecular formula is C23H31Cl2N. The topological polar surface area (TPSA) is 23.8 Å². The molecule has 0 aliphatic heterocycles. The highest BCUT2D eigenvalue weighted by atomic mass is 35.5. The second-order valence-electron chi connectivity index (χ2n) is 8.51. The van der Waals surface area contributed by atoms with E-state index in [-0.39, 0.29) is 0 Å². The van der Waals surface area contributed by atoms with Crippen LogP contribution in [0.2, 0.25) is 10.0 Å². The molecule has 0 atom stereocenters. The summed E-state index contributed by atoms with van der Waals surface area (Å²) >= 11 is 12.5. The van der Waals surface area contributed by atoms with Gasteiger partial charge in [-0.3, -0.25) is 0 Å². The number of rotatable bonds is 5. The molecule has 0 spiro atoms. The lowest BCUT2D eigenvalue weighted by atomic mass is 9.68. The molecule has 1 aromatic rings. The molecule has 3 rings (SSSR count). The monoisotopic (exact) mass is 391 g/mol. The molecule has 2 aliphatic carbocycles. The Morgan fingerprint density at radius 2 is 1.46 bits per heavy atom. The van der Waals surface area contributed by atoms with Crippen molar-refractivity contribution in [2.75, 3.05) is 0 Å². The fourth-order valence-electron chi connectivity index (χ4n) is 5.30. The molecule has 0 saturated heterocycles. The van der Waals surface area contributed by atoms with E-state index in [1.807, 2.05) is 12.1 Å². The van der Waals surface area contributed by atoms with Crippen molar-refractivity contribution < 1.29 is 0 Å². The van der Waals surface area contributed by atoms with Gasteiger partial charge in [-0.05, 0) is 79.9 Å². The maximum atomic E-state index is 9.13. The summed E-state index contributed by atoms with van der Waals surface area (Å²) in [6, 6.07) is 6.03. The van der Waals surface area contributed by atoms with Crippen molar-refractivity contribution in [3.63, 3.8) is 0 Å². The normalized spacial score (nSPS) is 29.3. The number of nitrogens with zero attached hydrogens (tertiary/aromatic N) is 1. The van der Waals surface area contributed by atoms with Crippen molar-refractivity contribution >= 4 is 23.2 Å². The molecule has 0 radical (unpaired) electrons. The Balaban J connectivity index is 1.52. The van der Waals surface area contributed by atoms with E-state index in [0.29, 0.717) is 21.5 Å². The molecule has 0 N–H and O–H groups in total. The van der Waals surface area contributed by atoms with Crippen LogP contribution in [-0.2, 0) is 0 Å². The van der Waals surface area contributed by atoms with Crippen molar-refractivity contribution in [3.8, 4) is 6.07 Å². The Kier molecular flexibility index (Phi) is 7.30. The molecular weight excluding hydrogens is 361 g/mol. The minimum Gasteiger partial charge on any atom is -0.192 e. The molecule has 2 fully saturated rings. The number of halogens is 2. The average Bonchev–Trinajstić information content (AvgIpc) is 2.67. The molecule has 1 nitrogen and oxygen atoms in total. The van der Waals surface area contributed by atoms with Crippen LogP contribution in [-0.4, -0.2) is 0 Å². The van der Waals surface area contributed by atoms with E-state index < -0.39 is 0 Å². The van der Waals surface area contributed by atoms with Crippen LogP contribution in [0.25, 0.3) is 0 Å². The van der Waals surface area contributed by atoms with Gasteiger partial charge in [0.2, 0.25) is 0 Å². The van der Waals surface area contributed by atoms with Gasteiger partial charge in [-0.1, -0.05) is 62.2 Å². The Morgan fingerprint density at radius 1 is 0.923 bits per heavy atom. The summed E-state index contributed by atoms with van der Waals surface area (Å²) < 4.78 is 0. The molecule has 1 aromatic carbocycles. The van der Waals surface area contributed by atoms with Gasteiger partial charge in [-0.15, -0.1) is 0 Å². The Morgan fingerprint density at radius 3 is 1.96 bits per heavy atom. The fraction of sp³-hybridized carbons (Fsp3) is 0.696. The van der Waals surface area contributed by atoms with Crippen molar-refractivity contribution in [1.82, 2.24) is 0 Å². The first-order valence-electron chi connectivity index (χ1n) is 10.5. The minimum absolute atomic E-state index is 0.408. The maximum Gasteiger partial charge on any atom is 0.102 e. The summed E-state index contributed by atoms with van der Waals surface area (Å²) in [5.41, 5.74) is 1.63. The zero-order valence-electron chi connectivity index (χ0n) is 15.9. The first-order chi connectivity index (χ1) is 12.6. The third-order valence-corrected chi connectivity index (χ3v) is 7.54. The lowest BCUT2D eigenvalue weighted by Gasteiger charge is -2.38. The third kappa shape index (κ3) is 4.76. The van der Waals surface area contributed by atoms with Crippen LogP contribution in [0.4, 0.5) is 0 Å². The molecule has 2 aliphatic rings. The SMILES string of the molecule is CCCC[C@H]1CC[C@H]([C@H]2CC[C@H](c3cc(Cl)c(C#N)c(Cl)c3)CC2)CC1. The number of benzene rings is 1. The summed E-state index contributed by atoms with van der Waals surface area (Å²) in [5, 5.41) is 10.1. The Labute approximate surface area is 169 Å². The maximum absolute atomic E-state index is 9.13. The molecule has 0 heterocycles. The van der Waals surface area contributed by atoms with Crippen molar-refractivity contribution in [3.05, 3.63) is 33.3 Å². The molecule has 0 amide bonds. The predicted molar refractivity (Wildman–Crippen MR) is 111 cm³/mol. The summed E-state index contributed by atoms with van der Waals surface area (Å²) in [6.07, 6.45) is 15.2. The highest BCUT2D eigenvalue weighted by Gasteiger charge is 2.31. The lowest BCUT2D eigenvalue weighted by Crippen LogP contribution is -2.25. The van der Waals surface area contributed by atoms with Crippen LogP contribution < -0.4 is 0 Å². The van der Waals surface area contributed by atoms with E-state index in [4.69, 9.17) is 28.5 Å². The molecule has 26 heavy (non-hydrogen) atoms. The summed E-state index contributed by atoms with van der Waals surface area (Å²) in [6.45, 7) is 2.30. The summed E-state index contributed by atoms with van der Waals surface area (Å²) in [5.74, 6) is 3.44. The van der Waals surface area contributed by atoms with Crippen LogP contribution in [0.3, 0.4) is 0 Å². The Bertz CT molecular complexity index is 609. The van der Waals surface area contributed by atoms with Crippen LogP contribution >= 0.6 is 23.2 Å². The van der Waals surface area contributed by atoms with E-state index in [2.05, 4.69) is 13.0 Å². The molecule has 3 heteroatoms. The molecule has 0 unspecified atom stereocenters. The van der Waals surface area contributed by atoms with Crippen LogP contribution in [0.1, 0.15) is 94.6 Å². The highest BCUT2D eigenvalue weighted by molar-refractivity contribution is 6.36. The summed E-state index contributed by atoms with van der Waals surface area (Å²) in [7, 11) is 0. The smallest absolute Gasteiger partial charge is 0.102 e. The number of nitriles is 1. The van der Waals surface area contributed by atoms with Gasteiger partial charge in [0.25, 0.3) is 0 Å². The van der Waals surface area contributed by atoms with Crippen molar-refractivity contribution in [2.45, 2.75) is 83.5 Å². The fourth-order valence-corrected chi connectivity index (χ4v) is 5.89. The first kappa shape index (κ1) is 20.0. The quantitative estimate of drug-likeness (QED) is 0.496. The highest BCUT2D eigenvalue weighted by Crippen LogP contribution is 2.45. The lowest BCUT2D eigenvalue weighted by molar-refractivity contribution is 0.156. The van der Waals surface area contributed by atoms with Crippen LogP contribution in [0, 0.1) is 29.1 Å². The van der Waals surface area contributed by atoms with Gasteiger partial charge in [-0.2, -0.15) is 5.26 Å². The van der Waals surface area contributed by atoms with E-state index in [1.165, 1.54) is 76.2 Å². The van der Waals surface area contributed by atoms with Crippen molar-refractivity contribution in [2.24, 2.45) is 17.8 Å². The van der Waals surface area contributed by atoms with Gasteiger partial charge in [0.05, 0.1) is 15.6 Å². The standard InChI is InChI=1S/C23H31Cl2N/c1-2-3-4-16-5-7-17(8-6-16)18-9-11-19(12-10-18)20-13-22(24)21(15-26)23(25)14-20/h13-14,16-19H,2-12H2,1H3/t16-,17-,18-,19-. The number of hydrogen-bond acceptors (Lipinski definition) is 1. The van der Waals surface area contributed by atoms with E-state index in [9.17, 15) is 0 Å². The largest absolute Gasteiger partial charge is 0.192 e. The molecule has 142 valence electrons. The molecule has 2 saturated carbocycles. The first-order valence-corrected chi connectivity index (χ1v) is 11.3. The third-order valence-electron chi connectivity index (χ3n) is 6.94. The zero-order valence-corrected chi connectivity index (χ0v) is 17.5. The van der Waals surface area contributed by atoms with E-state index in [0.717, 1.165) is 17.8 Å². The van der Waals surface area contributed by atoms with Gasteiger partial charge in [0.15, 0.2) is 0 Å². The molecule has 0 aromatic heterocycles. The Hall–Kier alpha value is -0.710. The van der Waals surface area contributed by atoms with Gasteiger partial charge < -0.3 is 0 Å².